The number of halogens is 1. The SMILES string of the molecule is COCCC(C)Oc1c(C)cc(Br)cc1CNC1CC1. The van der Waals surface area contributed by atoms with Crippen LogP contribution in [-0.4, -0.2) is 25.9 Å². The summed E-state index contributed by atoms with van der Waals surface area (Å²) in [5.74, 6) is 1.02. The summed E-state index contributed by atoms with van der Waals surface area (Å²) in [6, 6.07) is 4.97. The lowest BCUT2D eigenvalue weighted by Gasteiger charge is -2.20. The molecule has 0 amide bonds. The van der Waals surface area contributed by atoms with Gasteiger partial charge in [-0.3, -0.25) is 0 Å². The first kappa shape index (κ1) is 15.8. The van der Waals surface area contributed by atoms with E-state index in [1.54, 1.807) is 7.11 Å². The van der Waals surface area contributed by atoms with Crippen LogP contribution in [0.2, 0.25) is 0 Å². The van der Waals surface area contributed by atoms with Crippen LogP contribution in [0.5, 0.6) is 5.75 Å². The lowest BCUT2D eigenvalue weighted by Crippen LogP contribution is -2.19. The summed E-state index contributed by atoms with van der Waals surface area (Å²) in [6.45, 7) is 5.80. The van der Waals surface area contributed by atoms with Gasteiger partial charge in [-0.15, -0.1) is 0 Å². The molecule has 20 heavy (non-hydrogen) atoms. The van der Waals surface area contributed by atoms with Gasteiger partial charge < -0.3 is 14.8 Å². The Kier molecular flexibility index (Phi) is 5.87. The highest BCUT2D eigenvalue weighted by molar-refractivity contribution is 9.10. The van der Waals surface area contributed by atoms with E-state index in [9.17, 15) is 0 Å². The molecule has 0 saturated heterocycles. The van der Waals surface area contributed by atoms with Crippen LogP contribution in [0.25, 0.3) is 0 Å². The zero-order valence-corrected chi connectivity index (χ0v) is 14.1. The Labute approximate surface area is 130 Å². The van der Waals surface area contributed by atoms with E-state index >= 15 is 0 Å². The number of methoxy groups -OCH3 is 1. The lowest BCUT2D eigenvalue weighted by atomic mass is 10.1. The summed E-state index contributed by atoms with van der Waals surface area (Å²) in [6.07, 6.45) is 3.66. The largest absolute Gasteiger partial charge is 0.490 e. The Morgan fingerprint density at radius 2 is 2.15 bits per heavy atom. The zero-order valence-electron chi connectivity index (χ0n) is 12.5. The van der Waals surface area contributed by atoms with E-state index in [1.807, 2.05) is 0 Å². The van der Waals surface area contributed by atoms with E-state index in [-0.39, 0.29) is 6.10 Å². The second kappa shape index (κ2) is 7.43. The molecule has 0 radical (unpaired) electrons. The van der Waals surface area contributed by atoms with E-state index in [4.69, 9.17) is 9.47 Å². The normalized spacial score (nSPS) is 16.2. The number of nitrogens with one attached hydrogen (secondary N) is 1. The quantitative estimate of drug-likeness (QED) is 0.779. The van der Waals surface area contributed by atoms with Gasteiger partial charge in [-0.1, -0.05) is 15.9 Å². The fraction of sp³-hybridized carbons (Fsp3) is 0.625. The summed E-state index contributed by atoms with van der Waals surface area (Å²) in [4.78, 5) is 0. The molecule has 1 unspecified atom stereocenters. The van der Waals surface area contributed by atoms with Crippen LogP contribution in [0.1, 0.15) is 37.3 Å². The van der Waals surface area contributed by atoms with Gasteiger partial charge >= 0.3 is 0 Å². The van der Waals surface area contributed by atoms with Gasteiger partial charge in [0.05, 0.1) is 6.10 Å². The fourth-order valence-corrected chi connectivity index (χ4v) is 2.80. The molecule has 4 heteroatoms. The molecule has 0 aliphatic heterocycles. The Morgan fingerprint density at radius 1 is 1.40 bits per heavy atom. The highest BCUT2D eigenvalue weighted by Crippen LogP contribution is 2.30. The Balaban J connectivity index is 2.06. The smallest absolute Gasteiger partial charge is 0.127 e. The maximum absolute atomic E-state index is 6.15. The number of hydrogen-bond acceptors (Lipinski definition) is 3. The molecule has 0 bridgehead atoms. The van der Waals surface area contributed by atoms with E-state index in [0.29, 0.717) is 6.04 Å². The van der Waals surface area contributed by atoms with Crippen molar-refractivity contribution in [2.45, 2.75) is 51.8 Å². The molecule has 1 aliphatic carbocycles. The molecule has 0 heterocycles. The topological polar surface area (TPSA) is 30.5 Å². The third-order valence-corrected chi connectivity index (χ3v) is 3.98. The van der Waals surface area contributed by atoms with E-state index in [0.717, 1.165) is 29.8 Å². The number of benzene rings is 1. The minimum absolute atomic E-state index is 0.162. The van der Waals surface area contributed by atoms with Crippen molar-refractivity contribution in [2.75, 3.05) is 13.7 Å². The van der Waals surface area contributed by atoms with Crippen LogP contribution < -0.4 is 10.1 Å². The molecule has 1 aliphatic rings. The highest BCUT2D eigenvalue weighted by atomic mass is 79.9. The number of hydrogen-bond donors (Lipinski definition) is 1. The van der Waals surface area contributed by atoms with E-state index < -0.39 is 0 Å². The molecule has 1 saturated carbocycles. The van der Waals surface area contributed by atoms with Crippen molar-refractivity contribution in [3.05, 3.63) is 27.7 Å². The molecular weight excluding hydrogens is 318 g/mol. The molecule has 1 aromatic carbocycles. The summed E-state index contributed by atoms with van der Waals surface area (Å²) < 4.78 is 12.4. The molecule has 1 fully saturated rings. The minimum atomic E-state index is 0.162. The van der Waals surface area contributed by atoms with Crippen molar-refractivity contribution in [3.63, 3.8) is 0 Å². The Bertz CT molecular complexity index is 446. The van der Waals surface area contributed by atoms with Crippen LogP contribution in [0.15, 0.2) is 16.6 Å². The molecular formula is C16H24BrNO2. The van der Waals surface area contributed by atoms with Gasteiger partial charge in [-0.05, 0) is 44.4 Å². The molecule has 1 atom stereocenters. The average molecular weight is 342 g/mol. The average Bonchev–Trinajstić information content (AvgIpc) is 3.21. The van der Waals surface area contributed by atoms with Crippen molar-refractivity contribution >= 4 is 15.9 Å². The molecule has 0 aromatic heterocycles. The highest BCUT2D eigenvalue weighted by Gasteiger charge is 2.21. The van der Waals surface area contributed by atoms with Crippen molar-refractivity contribution in [1.29, 1.82) is 0 Å². The monoisotopic (exact) mass is 341 g/mol. The molecule has 2 rings (SSSR count). The Hall–Kier alpha value is -0.580. The standard InChI is InChI=1S/C16H24BrNO2/c1-11-8-14(17)9-13(10-18-15-4-5-15)16(11)20-12(2)6-7-19-3/h8-9,12,15,18H,4-7,10H2,1-3H3. The van der Waals surface area contributed by atoms with Gasteiger partial charge in [0.15, 0.2) is 0 Å². The van der Waals surface area contributed by atoms with Gasteiger partial charge in [0.1, 0.15) is 5.75 Å². The molecule has 3 nitrogen and oxygen atoms in total. The van der Waals surface area contributed by atoms with Crippen LogP contribution >= 0.6 is 15.9 Å². The maximum Gasteiger partial charge on any atom is 0.127 e. The summed E-state index contributed by atoms with van der Waals surface area (Å²) in [7, 11) is 1.72. The third-order valence-electron chi connectivity index (χ3n) is 3.52. The number of ether oxygens (including phenoxy) is 2. The molecule has 1 N–H and O–H groups in total. The second-order valence-electron chi connectivity index (χ2n) is 5.58. The maximum atomic E-state index is 6.15. The molecule has 0 spiro atoms. The third kappa shape index (κ3) is 4.76. The van der Waals surface area contributed by atoms with Crippen LogP contribution in [0, 0.1) is 6.92 Å². The minimum Gasteiger partial charge on any atom is -0.490 e. The predicted molar refractivity (Wildman–Crippen MR) is 85.3 cm³/mol. The van der Waals surface area contributed by atoms with Crippen molar-refractivity contribution in [3.8, 4) is 5.75 Å². The van der Waals surface area contributed by atoms with Gasteiger partial charge in [0.2, 0.25) is 0 Å². The fourth-order valence-electron chi connectivity index (χ4n) is 2.18. The first-order valence-electron chi connectivity index (χ1n) is 7.28. The van der Waals surface area contributed by atoms with Crippen LogP contribution in [0.4, 0.5) is 0 Å². The molecule has 1 aromatic rings. The first-order valence-corrected chi connectivity index (χ1v) is 8.07. The number of rotatable bonds is 8. The molecule has 112 valence electrons. The van der Waals surface area contributed by atoms with Crippen LogP contribution in [0.3, 0.4) is 0 Å². The Morgan fingerprint density at radius 3 is 2.80 bits per heavy atom. The van der Waals surface area contributed by atoms with Crippen molar-refractivity contribution in [2.24, 2.45) is 0 Å². The summed E-state index contributed by atoms with van der Waals surface area (Å²) in [5.41, 5.74) is 2.41. The first-order chi connectivity index (χ1) is 9.60. The summed E-state index contributed by atoms with van der Waals surface area (Å²) >= 11 is 3.57. The second-order valence-corrected chi connectivity index (χ2v) is 6.49. The van der Waals surface area contributed by atoms with Gasteiger partial charge in [0, 0.05) is 42.8 Å². The van der Waals surface area contributed by atoms with Crippen LogP contribution in [-0.2, 0) is 11.3 Å². The van der Waals surface area contributed by atoms with Gasteiger partial charge in [0.25, 0.3) is 0 Å². The summed E-state index contributed by atoms with van der Waals surface area (Å²) in [5, 5.41) is 3.56. The van der Waals surface area contributed by atoms with Gasteiger partial charge in [-0.2, -0.15) is 0 Å². The van der Waals surface area contributed by atoms with E-state index in [2.05, 4.69) is 47.2 Å². The zero-order chi connectivity index (χ0) is 14.5. The predicted octanol–water partition coefficient (Wildman–Crippen LogP) is 3.81. The van der Waals surface area contributed by atoms with Gasteiger partial charge in [-0.25, -0.2) is 0 Å². The number of aryl methyl sites for hydroxylation is 1. The van der Waals surface area contributed by atoms with Crippen molar-refractivity contribution < 1.29 is 9.47 Å². The van der Waals surface area contributed by atoms with Crippen molar-refractivity contribution in [1.82, 2.24) is 5.32 Å². The van der Waals surface area contributed by atoms with E-state index in [1.165, 1.54) is 24.0 Å². The lowest BCUT2D eigenvalue weighted by molar-refractivity contribution is 0.134.